The van der Waals surface area contributed by atoms with Crippen LogP contribution in [0.25, 0.3) is 0 Å². The maximum atomic E-state index is 12.5. The van der Waals surface area contributed by atoms with E-state index >= 15 is 0 Å². The van der Waals surface area contributed by atoms with Crippen LogP contribution in [0.4, 0.5) is 5.69 Å². The van der Waals surface area contributed by atoms with Crippen LogP contribution in [0.2, 0.25) is 0 Å². The monoisotopic (exact) mass is 280 g/mol. The molecule has 19 heavy (non-hydrogen) atoms. The van der Waals surface area contributed by atoms with Gasteiger partial charge in [-0.2, -0.15) is 5.10 Å². The molecule has 0 aromatic carbocycles. The maximum Gasteiger partial charge on any atom is 0.237 e. The highest BCUT2D eigenvalue weighted by atomic mass is 32.1. The Labute approximate surface area is 118 Å². The molecule has 1 saturated carbocycles. The van der Waals surface area contributed by atoms with Crippen molar-refractivity contribution >= 4 is 28.8 Å². The van der Waals surface area contributed by atoms with Gasteiger partial charge in [-0.15, -0.1) is 0 Å². The second-order valence-electron chi connectivity index (χ2n) is 5.05. The summed E-state index contributed by atoms with van der Waals surface area (Å²) in [6.07, 6.45) is 8.10. The van der Waals surface area contributed by atoms with Crippen LogP contribution in [0.5, 0.6) is 0 Å². The lowest BCUT2D eigenvalue weighted by Crippen LogP contribution is -2.47. The third kappa shape index (κ3) is 2.78. The van der Waals surface area contributed by atoms with E-state index in [0.29, 0.717) is 10.7 Å². The molecule has 0 aliphatic heterocycles. The molecule has 2 rings (SSSR count). The zero-order valence-electron chi connectivity index (χ0n) is 11.2. The molecule has 1 aliphatic carbocycles. The van der Waals surface area contributed by atoms with Gasteiger partial charge in [0.1, 0.15) is 0 Å². The lowest BCUT2D eigenvalue weighted by molar-refractivity contribution is -0.123. The molecule has 1 heterocycles. The molecule has 0 atom stereocenters. The highest BCUT2D eigenvalue weighted by molar-refractivity contribution is 7.80. The topological polar surface area (TPSA) is 72.9 Å². The Kier molecular flexibility index (Phi) is 4.19. The molecule has 0 radical (unpaired) electrons. The predicted octanol–water partition coefficient (Wildman–Crippen LogP) is 2.08. The number of hydrogen-bond donors (Lipinski definition) is 2. The van der Waals surface area contributed by atoms with Gasteiger partial charge in [0.25, 0.3) is 0 Å². The number of thiocarbonyl (C=S) groups is 1. The summed E-state index contributed by atoms with van der Waals surface area (Å²) in [5.41, 5.74) is 5.86. The highest BCUT2D eigenvalue weighted by Crippen LogP contribution is 2.37. The number of aromatic nitrogens is 2. The molecular formula is C13H20N4OS. The number of carbonyl (C=O) groups is 1. The number of nitrogens with two attached hydrogens (primary N) is 1. The number of rotatable bonds is 4. The van der Waals surface area contributed by atoms with Gasteiger partial charge in [0, 0.05) is 12.7 Å². The Morgan fingerprint density at radius 2 is 2.21 bits per heavy atom. The molecule has 0 spiro atoms. The lowest BCUT2D eigenvalue weighted by Gasteiger charge is -2.34. The first-order valence-corrected chi connectivity index (χ1v) is 7.13. The number of nitrogens with zero attached hydrogens (tertiary/aromatic N) is 2. The summed E-state index contributed by atoms with van der Waals surface area (Å²) in [7, 11) is 0. The van der Waals surface area contributed by atoms with Crippen molar-refractivity contribution in [3.63, 3.8) is 0 Å². The fourth-order valence-electron chi connectivity index (χ4n) is 2.59. The smallest absolute Gasteiger partial charge is 0.237 e. The van der Waals surface area contributed by atoms with Crippen LogP contribution < -0.4 is 11.1 Å². The van der Waals surface area contributed by atoms with Crippen molar-refractivity contribution in [2.45, 2.75) is 45.6 Å². The van der Waals surface area contributed by atoms with E-state index in [2.05, 4.69) is 10.4 Å². The molecule has 1 aromatic heterocycles. The first-order valence-electron chi connectivity index (χ1n) is 6.72. The van der Waals surface area contributed by atoms with Crippen molar-refractivity contribution in [1.82, 2.24) is 9.78 Å². The molecule has 3 N–H and O–H groups in total. The van der Waals surface area contributed by atoms with Crippen LogP contribution in [-0.2, 0) is 11.3 Å². The Morgan fingerprint density at radius 1 is 1.53 bits per heavy atom. The third-order valence-corrected chi connectivity index (χ3v) is 4.22. The van der Waals surface area contributed by atoms with Gasteiger partial charge in [-0.1, -0.05) is 31.5 Å². The van der Waals surface area contributed by atoms with E-state index < -0.39 is 5.41 Å². The molecule has 0 saturated heterocycles. The highest BCUT2D eigenvalue weighted by Gasteiger charge is 2.42. The van der Waals surface area contributed by atoms with Gasteiger partial charge in [-0.3, -0.25) is 9.48 Å². The Hall–Kier alpha value is -1.43. The summed E-state index contributed by atoms with van der Waals surface area (Å²) < 4.78 is 1.77. The van der Waals surface area contributed by atoms with Crippen molar-refractivity contribution in [3.05, 3.63) is 12.4 Å². The molecule has 1 fully saturated rings. The zero-order valence-corrected chi connectivity index (χ0v) is 12.0. The van der Waals surface area contributed by atoms with E-state index in [4.69, 9.17) is 18.0 Å². The van der Waals surface area contributed by atoms with Gasteiger partial charge < -0.3 is 11.1 Å². The molecule has 104 valence electrons. The summed E-state index contributed by atoms with van der Waals surface area (Å²) in [6.45, 7) is 2.77. The Morgan fingerprint density at radius 3 is 2.74 bits per heavy atom. The number of hydrogen-bond acceptors (Lipinski definition) is 3. The van der Waals surface area contributed by atoms with E-state index in [1.807, 2.05) is 13.1 Å². The molecular weight excluding hydrogens is 260 g/mol. The summed E-state index contributed by atoms with van der Waals surface area (Å²) >= 11 is 5.14. The van der Waals surface area contributed by atoms with Crippen molar-refractivity contribution < 1.29 is 4.79 Å². The molecule has 1 aromatic rings. The van der Waals surface area contributed by atoms with Crippen LogP contribution in [0.15, 0.2) is 12.4 Å². The standard InChI is InChI=1S/C13H20N4OS/c1-2-17-9-10(8-15-17)16-12(18)13(11(14)19)6-4-3-5-7-13/h8-9H,2-7H2,1H3,(H2,14,19)(H,16,18). The largest absolute Gasteiger partial charge is 0.392 e. The van der Waals surface area contributed by atoms with Crippen LogP contribution >= 0.6 is 12.2 Å². The first-order chi connectivity index (χ1) is 9.08. The van der Waals surface area contributed by atoms with Crippen molar-refractivity contribution in [2.24, 2.45) is 11.1 Å². The van der Waals surface area contributed by atoms with Gasteiger partial charge >= 0.3 is 0 Å². The molecule has 6 heteroatoms. The SMILES string of the molecule is CCn1cc(NC(=O)C2(C(N)=S)CCCCC2)cn1. The minimum Gasteiger partial charge on any atom is -0.392 e. The molecule has 1 aliphatic rings. The fourth-order valence-corrected chi connectivity index (χ4v) is 2.89. The number of anilines is 1. The predicted molar refractivity (Wildman–Crippen MR) is 78.8 cm³/mol. The lowest BCUT2D eigenvalue weighted by atomic mass is 9.73. The Balaban J connectivity index is 2.13. The minimum atomic E-state index is -0.679. The average Bonchev–Trinajstić information content (AvgIpc) is 2.87. The number of aryl methyl sites for hydroxylation is 1. The summed E-state index contributed by atoms with van der Waals surface area (Å²) in [5, 5.41) is 7.04. The minimum absolute atomic E-state index is 0.0876. The van der Waals surface area contributed by atoms with E-state index in [0.717, 1.165) is 38.6 Å². The van der Waals surface area contributed by atoms with Crippen LogP contribution in [0.3, 0.4) is 0 Å². The maximum absolute atomic E-state index is 12.5. The van der Waals surface area contributed by atoms with Crippen molar-refractivity contribution in [3.8, 4) is 0 Å². The van der Waals surface area contributed by atoms with Crippen molar-refractivity contribution in [2.75, 3.05) is 5.32 Å². The van der Waals surface area contributed by atoms with E-state index in [9.17, 15) is 4.79 Å². The van der Waals surface area contributed by atoms with Gasteiger partial charge in [0.05, 0.1) is 22.3 Å². The second kappa shape index (κ2) is 5.69. The number of nitrogens with one attached hydrogen (secondary N) is 1. The van der Waals surface area contributed by atoms with Crippen LogP contribution in [0.1, 0.15) is 39.0 Å². The molecule has 5 nitrogen and oxygen atoms in total. The summed E-state index contributed by atoms with van der Waals surface area (Å²) in [6, 6.07) is 0. The molecule has 0 bridgehead atoms. The summed E-state index contributed by atoms with van der Waals surface area (Å²) in [5.74, 6) is -0.0876. The van der Waals surface area contributed by atoms with Gasteiger partial charge in [0.15, 0.2) is 0 Å². The van der Waals surface area contributed by atoms with E-state index in [-0.39, 0.29) is 5.91 Å². The average molecular weight is 280 g/mol. The van der Waals surface area contributed by atoms with E-state index in [1.165, 1.54) is 0 Å². The third-order valence-electron chi connectivity index (χ3n) is 3.83. The first kappa shape index (κ1) is 14.0. The normalized spacial score (nSPS) is 17.9. The molecule has 0 unspecified atom stereocenters. The fraction of sp³-hybridized carbons (Fsp3) is 0.615. The second-order valence-corrected chi connectivity index (χ2v) is 5.49. The molecule has 1 amide bonds. The van der Waals surface area contributed by atoms with Crippen LogP contribution in [-0.4, -0.2) is 20.7 Å². The Bertz CT molecular complexity index is 477. The number of carbonyl (C=O) groups excluding carboxylic acids is 1. The van der Waals surface area contributed by atoms with Gasteiger partial charge in [-0.05, 0) is 19.8 Å². The number of amides is 1. The zero-order chi connectivity index (χ0) is 13.9. The summed E-state index contributed by atoms with van der Waals surface area (Å²) in [4.78, 5) is 12.8. The van der Waals surface area contributed by atoms with Gasteiger partial charge in [-0.25, -0.2) is 0 Å². The van der Waals surface area contributed by atoms with E-state index in [1.54, 1.807) is 10.9 Å². The quantitative estimate of drug-likeness (QED) is 0.828. The van der Waals surface area contributed by atoms with Gasteiger partial charge in [0.2, 0.25) is 5.91 Å². The van der Waals surface area contributed by atoms with Crippen molar-refractivity contribution in [1.29, 1.82) is 0 Å². The van der Waals surface area contributed by atoms with Crippen LogP contribution in [0, 0.1) is 5.41 Å².